The molecule has 2 heteroatoms. The Kier molecular flexibility index (Phi) is 6.28. The third-order valence-electron chi connectivity index (χ3n) is 10.7. The number of furan rings is 1. The molecule has 0 atom stereocenters. The molecule has 2 nitrogen and oxygen atoms in total. The number of hydrogen-bond acceptors (Lipinski definition) is 2. The predicted molar refractivity (Wildman–Crippen MR) is 219 cm³/mol. The van der Waals surface area contributed by atoms with Gasteiger partial charge in [0.05, 0.1) is 5.69 Å². The van der Waals surface area contributed by atoms with E-state index in [2.05, 4.69) is 187 Å². The van der Waals surface area contributed by atoms with Crippen LogP contribution in [0.2, 0.25) is 0 Å². The summed E-state index contributed by atoms with van der Waals surface area (Å²) in [5.74, 6) is 0. The topological polar surface area (TPSA) is 16.4 Å². The summed E-state index contributed by atoms with van der Waals surface area (Å²) >= 11 is 0. The molecule has 0 fully saturated rings. The third-order valence-corrected chi connectivity index (χ3v) is 10.7. The second-order valence-electron chi connectivity index (χ2n) is 13.8. The average molecular weight is 662 g/mol. The van der Waals surface area contributed by atoms with Gasteiger partial charge in [-0.05, 0) is 133 Å². The van der Waals surface area contributed by atoms with E-state index in [0.717, 1.165) is 39.0 Å². The van der Waals surface area contributed by atoms with E-state index < -0.39 is 0 Å². The standard InChI is InChI=1S/C50H31NO/c1-3-10-32(11-4-1)34-20-23-40(24-21-34)51(48-16-9-15-43-42-14-7-8-17-49(42)52-50(43)48)41-25-22-37-29-45-46-30-38-26-35(33-12-5-2-6-13-33)18-19-36(38)28-44(46)47(45)31-39(37)27-41/h1-31H. The molecule has 1 aliphatic carbocycles. The Morgan fingerprint density at radius 2 is 0.846 bits per heavy atom. The molecule has 0 unspecified atom stereocenters. The van der Waals surface area contributed by atoms with Gasteiger partial charge in [-0.15, -0.1) is 0 Å². The molecule has 1 aliphatic rings. The van der Waals surface area contributed by atoms with Crippen LogP contribution in [0.5, 0.6) is 0 Å². The monoisotopic (exact) mass is 661 g/mol. The van der Waals surface area contributed by atoms with Crippen LogP contribution in [-0.2, 0) is 0 Å². The van der Waals surface area contributed by atoms with Gasteiger partial charge in [-0.1, -0.05) is 121 Å². The zero-order chi connectivity index (χ0) is 34.2. The summed E-state index contributed by atoms with van der Waals surface area (Å²) in [5, 5.41) is 7.22. The lowest BCUT2D eigenvalue weighted by atomic mass is 9.77. The third kappa shape index (κ3) is 4.51. The lowest BCUT2D eigenvalue weighted by Crippen LogP contribution is -2.10. The smallest absolute Gasteiger partial charge is 0.159 e. The Morgan fingerprint density at radius 1 is 0.327 bits per heavy atom. The minimum absolute atomic E-state index is 0.879. The first-order valence-corrected chi connectivity index (χ1v) is 17.8. The number of hydrogen-bond donors (Lipinski definition) is 0. The number of benzene rings is 9. The summed E-state index contributed by atoms with van der Waals surface area (Å²) in [6.07, 6.45) is 0. The van der Waals surface area contributed by atoms with E-state index in [4.69, 9.17) is 4.42 Å². The highest BCUT2D eigenvalue weighted by atomic mass is 16.3. The van der Waals surface area contributed by atoms with Gasteiger partial charge in [-0.25, -0.2) is 0 Å². The van der Waals surface area contributed by atoms with Crippen molar-refractivity contribution in [3.63, 3.8) is 0 Å². The lowest BCUT2D eigenvalue weighted by molar-refractivity contribution is 0.669. The first-order chi connectivity index (χ1) is 25.7. The summed E-state index contributed by atoms with van der Waals surface area (Å²) in [5.41, 5.74) is 15.1. The molecule has 0 saturated carbocycles. The van der Waals surface area contributed by atoms with E-state index in [-0.39, 0.29) is 0 Å². The summed E-state index contributed by atoms with van der Waals surface area (Å²) in [4.78, 5) is 2.34. The predicted octanol–water partition coefficient (Wildman–Crippen LogP) is 14.3. The average Bonchev–Trinajstić information content (AvgIpc) is 3.60. The van der Waals surface area contributed by atoms with Gasteiger partial charge in [0.2, 0.25) is 0 Å². The van der Waals surface area contributed by atoms with Crippen molar-refractivity contribution in [3.05, 3.63) is 188 Å². The first-order valence-electron chi connectivity index (χ1n) is 17.8. The number of fused-ring (bicyclic) bond motifs is 9. The van der Waals surface area contributed by atoms with Gasteiger partial charge in [0.1, 0.15) is 5.58 Å². The molecule has 0 bridgehead atoms. The van der Waals surface area contributed by atoms with E-state index in [9.17, 15) is 0 Å². The van der Waals surface area contributed by atoms with Crippen LogP contribution in [0.1, 0.15) is 0 Å². The SMILES string of the molecule is c1ccc(-c2ccc(N(c3ccc4cc5c(cc4c3)-c3cc4ccc(-c6ccccc6)cc4cc3-5)c3cccc4c3oc3ccccc34)cc2)cc1. The van der Waals surface area contributed by atoms with Crippen LogP contribution in [0.3, 0.4) is 0 Å². The van der Waals surface area contributed by atoms with Crippen molar-refractivity contribution in [2.45, 2.75) is 0 Å². The van der Waals surface area contributed by atoms with Crippen molar-refractivity contribution in [2.24, 2.45) is 0 Å². The molecule has 0 radical (unpaired) electrons. The Labute approximate surface area is 301 Å². The van der Waals surface area contributed by atoms with E-state index >= 15 is 0 Å². The minimum atomic E-state index is 0.879. The van der Waals surface area contributed by atoms with E-state index in [1.165, 1.54) is 66.1 Å². The van der Waals surface area contributed by atoms with Crippen molar-refractivity contribution in [3.8, 4) is 44.5 Å². The van der Waals surface area contributed by atoms with Crippen molar-refractivity contribution in [1.82, 2.24) is 0 Å². The largest absolute Gasteiger partial charge is 0.454 e. The summed E-state index contributed by atoms with van der Waals surface area (Å²) in [6, 6.07) is 67.9. The quantitative estimate of drug-likeness (QED) is 0.182. The van der Waals surface area contributed by atoms with Gasteiger partial charge in [-0.2, -0.15) is 0 Å². The van der Waals surface area contributed by atoms with Crippen LogP contribution in [0, 0.1) is 0 Å². The van der Waals surface area contributed by atoms with Crippen LogP contribution in [0.15, 0.2) is 192 Å². The Balaban J connectivity index is 1.04. The highest BCUT2D eigenvalue weighted by Gasteiger charge is 2.25. The normalized spacial score (nSPS) is 11.8. The second kappa shape index (κ2) is 11.3. The van der Waals surface area contributed by atoms with Gasteiger partial charge in [0.15, 0.2) is 5.58 Å². The summed E-state index contributed by atoms with van der Waals surface area (Å²) in [7, 11) is 0. The van der Waals surface area contributed by atoms with Crippen molar-refractivity contribution < 1.29 is 4.42 Å². The van der Waals surface area contributed by atoms with Gasteiger partial charge in [-0.3, -0.25) is 0 Å². The molecule has 10 aromatic rings. The molecule has 0 N–H and O–H groups in total. The highest BCUT2D eigenvalue weighted by molar-refractivity contribution is 6.13. The molecule has 52 heavy (non-hydrogen) atoms. The Hall–Kier alpha value is -6.90. The van der Waals surface area contributed by atoms with Crippen LogP contribution in [0.4, 0.5) is 17.1 Å². The molecule has 1 heterocycles. The fourth-order valence-corrected chi connectivity index (χ4v) is 8.13. The molecule has 9 aromatic carbocycles. The van der Waals surface area contributed by atoms with E-state index in [0.29, 0.717) is 0 Å². The van der Waals surface area contributed by atoms with Crippen molar-refractivity contribution in [2.75, 3.05) is 4.90 Å². The number of anilines is 3. The fraction of sp³-hybridized carbons (Fsp3) is 0. The Bertz CT molecular complexity index is 2990. The fourth-order valence-electron chi connectivity index (χ4n) is 8.13. The maximum Gasteiger partial charge on any atom is 0.159 e. The molecular weight excluding hydrogens is 631 g/mol. The summed E-state index contributed by atoms with van der Waals surface area (Å²) < 4.78 is 6.60. The minimum Gasteiger partial charge on any atom is -0.454 e. The maximum atomic E-state index is 6.60. The molecule has 0 amide bonds. The molecular formula is C50H31NO. The maximum absolute atomic E-state index is 6.60. The van der Waals surface area contributed by atoms with Crippen LogP contribution >= 0.6 is 0 Å². The zero-order valence-corrected chi connectivity index (χ0v) is 28.3. The van der Waals surface area contributed by atoms with Gasteiger partial charge < -0.3 is 9.32 Å². The van der Waals surface area contributed by atoms with Crippen molar-refractivity contribution in [1.29, 1.82) is 0 Å². The molecule has 242 valence electrons. The van der Waals surface area contributed by atoms with E-state index in [1.54, 1.807) is 0 Å². The zero-order valence-electron chi connectivity index (χ0n) is 28.3. The second-order valence-corrected chi connectivity index (χ2v) is 13.8. The van der Waals surface area contributed by atoms with Crippen LogP contribution in [-0.4, -0.2) is 0 Å². The molecule has 11 rings (SSSR count). The van der Waals surface area contributed by atoms with Gasteiger partial charge in [0, 0.05) is 22.1 Å². The lowest BCUT2D eigenvalue weighted by Gasteiger charge is -2.28. The van der Waals surface area contributed by atoms with Crippen LogP contribution < -0.4 is 4.90 Å². The van der Waals surface area contributed by atoms with E-state index in [1.807, 2.05) is 6.07 Å². The number of nitrogens with zero attached hydrogens (tertiary/aromatic N) is 1. The molecule has 0 saturated heterocycles. The Morgan fingerprint density at radius 3 is 1.56 bits per heavy atom. The van der Waals surface area contributed by atoms with Crippen molar-refractivity contribution >= 4 is 60.5 Å². The first kappa shape index (κ1) is 28.9. The molecule has 0 spiro atoms. The molecule has 0 aliphatic heterocycles. The highest BCUT2D eigenvalue weighted by Crippen LogP contribution is 2.51. The van der Waals surface area contributed by atoms with Gasteiger partial charge in [0.25, 0.3) is 0 Å². The van der Waals surface area contributed by atoms with Gasteiger partial charge >= 0.3 is 0 Å². The summed E-state index contributed by atoms with van der Waals surface area (Å²) in [6.45, 7) is 0. The number of rotatable bonds is 5. The van der Waals surface area contributed by atoms with Crippen LogP contribution in [0.25, 0.3) is 88.0 Å². The number of para-hydroxylation sites is 2. The molecule has 1 aromatic heterocycles.